The van der Waals surface area contributed by atoms with Crippen molar-refractivity contribution in [2.45, 2.75) is 46.1 Å². The molecule has 2 atom stereocenters. The average Bonchev–Trinajstić information content (AvgIpc) is 2.30. The molecular weight excluding hydrogens is 236 g/mol. The maximum atomic E-state index is 11.7. The fourth-order valence-electron chi connectivity index (χ4n) is 1.59. The van der Waals surface area contributed by atoms with Gasteiger partial charge in [-0.1, -0.05) is 6.92 Å². The summed E-state index contributed by atoms with van der Waals surface area (Å²) in [6.45, 7) is 7.29. The fourth-order valence-corrected chi connectivity index (χ4v) is 2.68. The normalized spacial score (nSPS) is 14.4. The maximum absolute atomic E-state index is 11.7. The van der Waals surface area contributed by atoms with Gasteiger partial charge in [-0.05, 0) is 33.1 Å². The Kier molecular flexibility index (Phi) is 9.36. The van der Waals surface area contributed by atoms with Gasteiger partial charge in [-0.3, -0.25) is 9.00 Å². The highest BCUT2D eigenvalue weighted by Gasteiger charge is 2.13. The monoisotopic (exact) mass is 262 g/mol. The zero-order chi connectivity index (χ0) is 13.3. The summed E-state index contributed by atoms with van der Waals surface area (Å²) in [5.74, 6) is 0.733. The quantitative estimate of drug-likeness (QED) is 0.677. The SMILES string of the molecule is CCC(N)CCCS(=O)CC(=O)N(CC)CC. The maximum Gasteiger partial charge on any atom is 0.235 e. The molecule has 0 aliphatic heterocycles. The van der Waals surface area contributed by atoms with Gasteiger partial charge < -0.3 is 10.6 Å². The lowest BCUT2D eigenvalue weighted by Gasteiger charge is -2.18. The number of carbonyl (C=O) groups excluding carboxylic acids is 1. The van der Waals surface area contributed by atoms with Crippen molar-refractivity contribution in [3.8, 4) is 0 Å². The standard InChI is InChI=1S/C12H26N2O2S/c1-4-11(13)8-7-9-17(16)10-12(15)14(5-2)6-3/h11H,4-10,13H2,1-3H3. The van der Waals surface area contributed by atoms with Gasteiger partial charge in [-0.15, -0.1) is 0 Å². The summed E-state index contributed by atoms with van der Waals surface area (Å²) in [5.41, 5.74) is 5.78. The van der Waals surface area contributed by atoms with Gasteiger partial charge in [0.25, 0.3) is 0 Å². The molecule has 0 bridgehead atoms. The van der Waals surface area contributed by atoms with Crippen LogP contribution in [-0.4, -0.2) is 45.7 Å². The van der Waals surface area contributed by atoms with Crippen LogP contribution in [0.5, 0.6) is 0 Å². The van der Waals surface area contributed by atoms with Crippen molar-refractivity contribution in [2.24, 2.45) is 5.73 Å². The molecule has 0 heterocycles. The van der Waals surface area contributed by atoms with Crippen LogP contribution in [0.4, 0.5) is 0 Å². The molecule has 0 saturated heterocycles. The second-order valence-corrected chi connectivity index (χ2v) is 5.74. The molecule has 0 aliphatic carbocycles. The van der Waals surface area contributed by atoms with E-state index in [4.69, 9.17) is 5.73 Å². The Morgan fingerprint density at radius 3 is 2.35 bits per heavy atom. The molecule has 1 amide bonds. The van der Waals surface area contributed by atoms with Crippen LogP contribution in [-0.2, 0) is 15.6 Å². The zero-order valence-corrected chi connectivity index (χ0v) is 12.1. The third-order valence-corrected chi connectivity index (χ3v) is 4.18. The molecule has 0 radical (unpaired) electrons. The van der Waals surface area contributed by atoms with Crippen molar-refractivity contribution in [1.29, 1.82) is 0 Å². The van der Waals surface area contributed by atoms with E-state index in [1.54, 1.807) is 4.90 Å². The largest absolute Gasteiger partial charge is 0.342 e. The van der Waals surface area contributed by atoms with Gasteiger partial charge in [0.1, 0.15) is 5.75 Å². The minimum atomic E-state index is -1.04. The molecule has 2 N–H and O–H groups in total. The molecule has 4 nitrogen and oxygen atoms in total. The first-order chi connectivity index (χ1) is 8.04. The average molecular weight is 262 g/mol. The van der Waals surface area contributed by atoms with Crippen molar-refractivity contribution in [2.75, 3.05) is 24.6 Å². The first-order valence-electron chi connectivity index (χ1n) is 6.43. The molecule has 5 heteroatoms. The summed E-state index contributed by atoms with van der Waals surface area (Å²) >= 11 is 0. The van der Waals surface area contributed by atoms with Crippen molar-refractivity contribution in [3.63, 3.8) is 0 Å². The summed E-state index contributed by atoms with van der Waals surface area (Å²) in [4.78, 5) is 13.4. The summed E-state index contributed by atoms with van der Waals surface area (Å²) in [5, 5.41) is 0. The van der Waals surface area contributed by atoms with Crippen LogP contribution < -0.4 is 5.73 Å². The van der Waals surface area contributed by atoms with Crippen LogP contribution in [0.2, 0.25) is 0 Å². The second kappa shape index (κ2) is 9.59. The minimum Gasteiger partial charge on any atom is -0.342 e. The van der Waals surface area contributed by atoms with E-state index < -0.39 is 10.8 Å². The molecule has 0 aromatic rings. The van der Waals surface area contributed by atoms with E-state index in [1.807, 2.05) is 20.8 Å². The van der Waals surface area contributed by atoms with E-state index in [2.05, 4.69) is 0 Å². The minimum absolute atomic E-state index is 0.00637. The lowest BCUT2D eigenvalue weighted by atomic mass is 10.1. The predicted molar refractivity (Wildman–Crippen MR) is 73.3 cm³/mol. The molecule has 0 aromatic heterocycles. The zero-order valence-electron chi connectivity index (χ0n) is 11.3. The van der Waals surface area contributed by atoms with E-state index in [0.717, 1.165) is 19.3 Å². The number of hydrogen-bond donors (Lipinski definition) is 1. The molecule has 0 aliphatic rings. The lowest BCUT2D eigenvalue weighted by Crippen LogP contribution is -2.34. The number of nitrogens with zero attached hydrogens (tertiary/aromatic N) is 1. The third-order valence-electron chi connectivity index (χ3n) is 2.87. The van der Waals surface area contributed by atoms with Crippen molar-refractivity contribution >= 4 is 16.7 Å². The Bertz CT molecular complexity index is 243. The summed E-state index contributed by atoms with van der Waals surface area (Å²) in [7, 11) is -1.04. The Morgan fingerprint density at radius 1 is 1.29 bits per heavy atom. The molecule has 0 spiro atoms. The first-order valence-corrected chi connectivity index (χ1v) is 7.92. The van der Waals surface area contributed by atoms with Crippen LogP contribution >= 0.6 is 0 Å². The molecule has 102 valence electrons. The number of rotatable bonds is 9. The Hall–Kier alpha value is -0.420. The van der Waals surface area contributed by atoms with Gasteiger partial charge in [-0.2, -0.15) is 0 Å². The molecule has 2 unspecified atom stereocenters. The van der Waals surface area contributed by atoms with Gasteiger partial charge >= 0.3 is 0 Å². The molecule has 0 fully saturated rings. The van der Waals surface area contributed by atoms with E-state index >= 15 is 0 Å². The Labute approximate surface area is 107 Å². The molecular formula is C12H26N2O2S. The number of amides is 1. The fraction of sp³-hybridized carbons (Fsp3) is 0.917. The smallest absolute Gasteiger partial charge is 0.235 e. The highest BCUT2D eigenvalue weighted by molar-refractivity contribution is 7.85. The van der Waals surface area contributed by atoms with E-state index in [1.165, 1.54) is 0 Å². The van der Waals surface area contributed by atoms with Crippen molar-refractivity contribution in [1.82, 2.24) is 4.90 Å². The van der Waals surface area contributed by atoms with Crippen LogP contribution in [0.3, 0.4) is 0 Å². The number of hydrogen-bond acceptors (Lipinski definition) is 3. The van der Waals surface area contributed by atoms with Gasteiger partial charge in [0.2, 0.25) is 5.91 Å². The van der Waals surface area contributed by atoms with E-state index in [9.17, 15) is 9.00 Å². The van der Waals surface area contributed by atoms with Crippen LogP contribution in [0.15, 0.2) is 0 Å². The highest BCUT2D eigenvalue weighted by atomic mass is 32.2. The van der Waals surface area contributed by atoms with Crippen molar-refractivity contribution in [3.05, 3.63) is 0 Å². The van der Waals surface area contributed by atoms with Gasteiger partial charge in [0.15, 0.2) is 0 Å². The Balaban J connectivity index is 3.82. The van der Waals surface area contributed by atoms with Crippen molar-refractivity contribution < 1.29 is 9.00 Å². The summed E-state index contributed by atoms with van der Waals surface area (Å²) < 4.78 is 11.7. The summed E-state index contributed by atoms with van der Waals surface area (Å²) in [6, 6.07) is 0.200. The highest BCUT2D eigenvalue weighted by Crippen LogP contribution is 2.01. The number of nitrogens with two attached hydrogens (primary N) is 1. The topological polar surface area (TPSA) is 63.4 Å². The Morgan fingerprint density at radius 2 is 1.88 bits per heavy atom. The number of carbonyl (C=O) groups is 1. The predicted octanol–water partition coefficient (Wildman–Crippen LogP) is 1.12. The van der Waals surface area contributed by atoms with Crippen LogP contribution in [0.1, 0.15) is 40.0 Å². The molecule has 17 heavy (non-hydrogen) atoms. The second-order valence-electron chi connectivity index (χ2n) is 4.16. The van der Waals surface area contributed by atoms with E-state index in [0.29, 0.717) is 18.8 Å². The van der Waals surface area contributed by atoms with Crippen LogP contribution in [0.25, 0.3) is 0 Å². The van der Waals surface area contributed by atoms with Crippen LogP contribution in [0, 0.1) is 0 Å². The van der Waals surface area contributed by atoms with Gasteiger partial charge in [0.05, 0.1) is 0 Å². The third kappa shape index (κ3) is 7.49. The lowest BCUT2D eigenvalue weighted by molar-refractivity contribution is -0.128. The molecule has 0 saturated carbocycles. The van der Waals surface area contributed by atoms with Gasteiger partial charge in [0, 0.05) is 35.7 Å². The van der Waals surface area contributed by atoms with E-state index in [-0.39, 0.29) is 17.7 Å². The van der Waals surface area contributed by atoms with Gasteiger partial charge in [-0.25, -0.2) is 0 Å². The first kappa shape index (κ1) is 16.6. The molecule has 0 aromatic carbocycles. The molecule has 0 rings (SSSR count). The summed E-state index contributed by atoms with van der Waals surface area (Å²) in [6.07, 6.45) is 2.68.